The normalized spacial score (nSPS) is 13.1. The Bertz CT molecular complexity index is 1150. The standard InChI is InChI=1S/C29H34N2O.CH4O/c1-6-9-22(13-14-30)27(29(4,5)32)17-21-10-7-11-23(16-21)26-19-25(20(2)3)18-24-12-8-15-31-28(24)26;1-2/h6-16,18-20,27,32H,1,17,30H2,2-5H3;2H,1H3/b14-13-,22-9+;. The highest BCUT2D eigenvalue weighted by molar-refractivity contribution is 5.94. The van der Waals surface area contributed by atoms with Gasteiger partial charge in [0.2, 0.25) is 0 Å². The lowest BCUT2D eigenvalue weighted by atomic mass is 9.79. The van der Waals surface area contributed by atoms with E-state index in [1.54, 1.807) is 6.08 Å². The molecule has 0 saturated carbocycles. The summed E-state index contributed by atoms with van der Waals surface area (Å²) in [6.45, 7) is 11.9. The number of nitrogens with zero attached hydrogens (tertiary/aromatic N) is 1. The van der Waals surface area contributed by atoms with Crippen molar-refractivity contribution in [2.45, 2.75) is 45.6 Å². The molecule has 3 aromatic rings. The summed E-state index contributed by atoms with van der Waals surface area (Å²) in [6.07, 6.45) is 9.54. The van der Waals surface area contributed by atoms with E-state index >= 15 is 0 Å². The summed E-state index contributed by atoms with van der Waals surface area (Å²) in [5, 5.41) is 19.1. The number of fused-ring (bicyclic) bond motifs is 1. The highest BCUT2D eigenvalue weighted by Crippen LogP contribution is 2.34. The van der Waals surface area contributed by atoms with E-state index in [1.807, 2.05) is 38.3 Å². The molecule has 0 aliphatic heterocycles. The number of aliphatic hydroxyl groups excluding tert-OH is 1. The average Bonchev–Trinajstić information content (AvgIpc) is 2.82. The predicted octanol–water partition coefficient (Wildman–Crippen LogP) is 6.15. The van der Waals surface area contributed by atoms with Crippen LogP contribution in [0, 0.1) is 5.92 Å². The molecule has 0 spiro atoms. The molecular formula is C30H38N2O2. The molecule has 1 atom stereocenters. The minimum absolute atomic E-state index is 0.132. The Morgan fingerprint density at radius 2 is 1.85 bits per heavy atom. The molecule has 0 bridgehead atoms. The predicted molar refractivity (Wildman–Crippen MR) is 145 cm³/mol. The van der Waals surface area contributed by atoms with Crippen molar-refractivity contribution in [2.75, 3.05) is 7.11 Å². The summed E-state index contributed by atoms with van der Waals surface area (Å²) < 4.78 is 0. The number of aromatic nitrogens is 1. The third kappa shape index (κ3) is 6.66. The van der Waals surface area contributed by atoms with Gasteiger partial charge in [0.25, 0.3) is 0 Å². The molecule has 4 nitrogen and oxygen atoms in total. The summed E-state index contributed by atoms with van der Waals surface area (Å²) in [5.41, 5.74) is 11.4. The Balaban J connectivity index is 0.00000199. The molecule has 4 heteroatoms. The lowest BCUT2D eigenvalue weighted by Crippen LogP contribution is -2.33. The molecule has 0 aliphatic carbocycles. The van der Waals surface area contributed by atoms with E-state index in [0.717, 1.165) is 40.3 Å². The van der Waals surface area contributed by atoms with Crippen LogP contribution in [-0.4, -0.2) is 27.9 Å². The van der Waals surface area contributed by atoms with Gasteiger partial charge in [0.1, 0.15) is 0 Å². The van der Waals surface area contributed by atoms with Gasteiger partial charge in [-0.05, 0) is 78.9 Å². The van der Waals surface area contributed by atoms with Crippen LogP contribution in [0.3, 0.4) is 0 Å². The van der Waals surface area contributed by atoms with Crippen molar-refractivity contribution in [1.82, 2.24) is 4.98 Å². The second-order valence-electron chi connectivity index (χ2n) is 9.17. The molecule has 0 aliphatic rings. The average molecular weight is 459 g/mol. The third-order valence-electron chi connectivity index (χ3n) is 5.93. The first kappa shape index (κ1) is 27.0. The number of hydrogen-bond donors (Lipinski definition) is 3. The zero-order valence-electron chi connectivity index (χ0n) is 21.0. The third-order valence-corrected chi connectivity index (χ3v) is 5.93. The number of rotatable bonds is 8. The van der Waals surface area contributed by atoms with Crippen molar-refractivity contribution >= 4 is 10.9 Å². The van der Waals surface area contributed by atoms with Crippen LogP contribution in [0.25, 0.3) is 22.0 Å². The highest BCUT2D eigenvalue weighted by Gasteiger charge is 2.29. The molecule has 0 fully saturated rings. The van der Waals surface area contributed by atoms with Crippen LogP contribution in [0.2, 0.25) is 0 Å². The van der Waals surface area contributed by atoms with E-state index in [1.165, 1.54) is 11.8 Å². The van der Waals surface area contributed by atoms with Crippen LogP contribution in [0.4, 0.5) is 0 Å². The minimum atomic E-state index is -0.920. The molecule has 0 radical (unpaired) electrons. The lowest BCUT2D eigenvalue weighted by molar-refractivity contribution is 0.0338. The number of benzene rings is 2. The molecular weight excluding hydrogens is 420 g/mol. The van der Waals surface area contributed by atoms with Crippen LogP contribution >= 0.6 is 0 Å². The van der Waals surface area contributed by atoms with Crippen molar-refractivity contribution in [1.29, 1.82) is 0 Å². The monoisotopic (exact) mass is 458 g/mol. The van der Waals surface area contributed by atoms with Gasteiger partial charge in [-0.1, -0.05) is 62.9 Å². The molecule has 3 rings (SSSR count). The topological polar surface area (TPSA) is 79.4 Å². The minimum Gasteiger partial charge on any atom is -0.405 e. The smallest absolute Gasteiger partial charge is 0.0780 e. The zero-order valence-corrected chi connectivity index (χ0v) is 21.0. The van der Waals surface area contributed by atoms with E-state index < -0.39 is 5.60 Å². The number of aliphatic hydroxyl groups is 2. The maximum absolute atomic E-state index is 10.9. The first-order valence-corrected chi connectivity index (χ1v) is 11.6. The number of hydrogen-bond acceptors (Lipinski definition) is 4. The largest absolute Gasteiger partial charge is 0.405 e. The molecule has 180 valence electrons. The van der Waals surface area contributed by atoms with Gasteiger partial charge in [-0.15, -0.1) is 0 Å². The second-order valence-corrected chi connectivity index (χ2v) is 9.17. The molecule has 34 heavy (non-hydrogen) atoms. The van der Waals surface area contributed by atoms with Gasteiger partial charge in [0, 0.05) is 30.2 Å². The van der Waals surface area contributed by atoms with Crippen molar-refractivity contribution in [2.24, 2.45) is 11.7 Å². The van der Waals surface area contributed by atoms with Crippen molar-refractivity contribution in [3.63, 3.8) is 0 Å². The Morgan fingerprint density at radius 1 is 1.12 bits per heavy atom. The fourth-order valence-corrected chi connectivity index (χ4v) is 4.18. The summed E-state index contributed by atoms with van der Waals surface area (Å²) in [4.78, 5) is 4.68. The molecule has 0 amide bonds. The van der Waals surface area contributed by atoms with Gasteiger partial charge in [0.15, 0.2) is 0 Å². The van der Waals surface area contributed by atoms with Crippen LogP contribution in [0.1, 0.15) is 44.7 Å². The van der Waals surface area contributed by atoms with Crippen LogP contribution in [0.15, 0.2) is 91.3 Å². The van der Waals surface area contributed by atoms with E-state index in [-0.39, 0.29) is 5.92 Å². The first-order valence-electron chi connectivity index (χ1n) is 11.6. The van der Waals surface area contributed by atoms with E-state index in [0.29, 0.717) is 12.3 Å². The van der Waals surface area contributed by atoms with Crippen LogP contribution in [0.5, 0.6) is 0 Å². The Hall–Kier alpha value is -3.21. The van der Waals surface area contributed by atoms with Gasteiger partial charge in [-0.2, -0.15) is 0 Å². The maximum Gasteiger partial charge on any atom is 0.0780 e. The van der Waals surface area contributed by atoms with Gasteiger partial charge in [-0.25, -0.2) is 0 Å². The Kier molecular flexibility index (Phi) is 9.79. The SMILES string of the molecule is C=C/C=C(\C=C/N)C(Cc1cccc(-c2cc(C(C)C)cc3cccnc23)c1)C(C)(C)O.CO. The van der Waals surface area contributed by atoms with E-state index in [2.05, 4.69) is 67.9 Å². The summed E-state index contributed by atoms with van der Waals surface area (Å²) >= 11 is 0. The van der Waals surface area contributed by atoms with Crippen LogP contribution < -0.4 is 5.73 Å². The second kappa shape index (κ2) is 12.3. The van der Waals surface area contributed by atoms with Crippen molar-refractivity contribution < 1.29 is 10.2 Å². The molecule has 1 aromatic heterocycles. The molecule has 4 N–H and O–H groups in total. The fourth-order valence-electron chi connectivity index (χ4n) is 4.18. The quantitative estimate of drug-likeness (QED) is 0.354. The van der Waals surface area contributed by atoms with Gasteiger partial charge >= 0.3 is 0 Å². The summed E-state index contributed by atoms with van der Waals surface area (Å²) in [5.74, 6) is 0.295. The first-order chi connectivity index (χ1) is 16.2. The zero-order chi connectivity index (χ0) is 25.3. The van der Waals surface area contributed by atoms with Gasteiger partial charge < -0.3 is 15.9 Å². The highest BCUT2D eigenvalue weighted by atomic mass is 16.3. The molecule has 1 unspecified atom stereocenters. The number of pyridine rings is 1. The maximum atomic E-state index is 10.9. The van der Waals surface area contributed by atoms with Crippen molar-refractivity contribution in [3.8, 4) is 11.1 Å². The van der Waals surface area contributed by atoms with E-state index in [9.17, 15) is 5.11 Å². The van der Waals surface area contributed by atoms with Crippen molar-refractivity contribution in [3.05, 3.63) is 102 Å². The Morgan fingerprint density at radius 3 is 2.47 bits per heavy atom. The molecule has 2 aromatic carbocycles. The summed E-state index contributed by atoms with van der Waals surface area (Å²) in [7, 11) is 1.00. The Labute approximate surface area is 204 Å². The van der Waals surface area contributed by atoms with Crippen LogP contribution in [-0.2, 0) is 6.42 Å². The number of nitrogens with two attached hydrogens (primary N) is 1. The molecule has 0 saturated heterocycles. The summed E-state index contributed by atoms with van der Waals surface area (Å²) in [6, 6.07) is 17.1. The molecule has 1 heterocycles. The number of allylic oxidation sites excluding steroid dienone is 3. The van der Waals surface area contributed by atoms with Gasteiger partial charge in [0.05, 0.1) is 11.1 Å². The van der Waals surface area contributed by atoms with Gasteiger partial charge in [-0.3, -0.25) is 4.98 Å². The lowest BCUT2D eigenvalue weighted by Gasteiger charge is -2.31. The fraction of sp³-hybridized carbons (Fsp3) is 0.300. The van der Waals surface area contributed by atoms with E-state index in [4.69, 9.17) is 10.8 Å².